The number of aliphatic carboxylic acids is 1. The SMILES string of the molecule is [B]C(=O)OCc1ccc(NC(=O)[C@H](CCC(=O)O)NC(=O)[C@H](C)NC(=O)[C@@H](CC(C)C)NC(=O)CCCCCN2C(=O)CC(C(C)(C)C)C2=O)cc1. The maximum atomic E-state index is 13.2. The van der Waals surface area contributed by atoms with Crippen molar-refractivity contribution in [2.24, 2.45) is 17.3 Å². The van der Waals surface area contributed by atoms with Crippen LogP contribution in [0.5, 0.6) is 0 Å². The zero-order valence-electron chi connectivity index (χ0n) is 30.9. The molecule has 2 radical (unpaired) electrons. The summed E-state index contributed by atoms with van der Waals surface area (Å²) in [5, 5.41) is 19.6. The average molecular weight is 726 g/mol. The van der Waals surface area contributed by atoms with Gasteiger partial charge in [-0.3, -0.25) is 43.3 Å². The number of carbonyl (C=O) groups excluding carboxylic acids is 7. The summed E-state index contributed by atoms with van der Waals surface area (Å²) in [6.07, 6.45) is 1.59. The first-order valence-electron chi connectivity index (χ1n) is 17.6. The van der Waals surface area contributed by atoms with E-state index in [0.29, 0.717) is 37.1 Å². The first-order valence-corrected chi connectivity index (χ1v) is 17.6. The van der Waals surface area contributed by atoms with Gasteiger partial charge >= 0.3 is 5.97 Å². The first kappa shape index (κ1) is 43.4. The predicted octanol–water partition coefficient (Wildman–Crippen LogP) is 2.80. The fraction of sp³-hybridized carbons (Fsp3) is 0.611. The minimum Gasteiger partial charge on any atom is -0.481 e. The van der Waals surface area contributed by atoms with Crippen LogP contribution in [0.25, 0.3) is 0 Å². The lowest BCUT2D eigenvalue weighted by Crippen LogP contribution is -2.55. The Kier molecular flexibility index (Phi) is 17.0. The minimum atomic E-state index is -1.26. The van der Waals surface area contributed by atoms with E-state index in [2.05, 4.69) is 21.3 Å². The fourth-order valence-corrected chi connectivity index (χ4v) is 5.58. The van der Waals surface area contributed by atoms with Gasteiger partial charge in [0.25, 0.3) is 0 Å². The van der Waals surface area contributed by atoms with Gasteiger partial charge in [-0.25, -0.2) is 0 Å². The molecule has 0 aliphatic carbocycles. The Morgan fingerprint density at radius 2 is 1.54 bits per heavy atom. The molecule has 284 valence electrons. The van der Waals surface area contributed by atoms with Gasteiger partial charge in [0, 0.05) is 31.5 Å². The zero-order valence-corrected chi connectivity index (χ0v) is 30.9. The summed E-state index contributed by atoms with van der Waals surface area (Å²) in [7, 11) is 4.97. The first-order chi connectivity index (χ1) is 24.3. The highest BCUT2D eigenvalue weighted by Crippen LogP contribution is 2.35. The van der Waals surface area contributed by atoms with Crippen LogP contribution in [0.2, 0.25) is 0 Å². The van der Waals surface area contributed by atoms with E-state index in [0.717, 1.165) is 0 Å². The molecule has 1 saturated heterocycles. The van der Waals surface area contributed by atoms with Crippen molar-refractivity contribution in [3.05, 3.63) is 29.8 Å². The quantitative estimate of drug-likeness (QED) is 0.0752. The number of imide groups is 1. The number of nitrogens with one attached hydrogen (secondary N) is 4. The zero-order chi connectivity index (χ0) is 39.2. The van der Waals surface area contributed by atoms with Gasteiger partial charge < -0.3 is 31.1 Å². The summed E-state index contributed by atoms with van der Waals surface area (Å²) in [5.74, 6) is -5.16. The van der Waals surface area contributed by atoms with Crippen LogP contribution in [0, 0.1) is 17.3 Å². The number of carbonyl (C=O) groups is 8. The van der Waals surface area contributed by atoms with E-state index in [4.69, 9.17) is 12.6 Å². The van der Waals surface area contributed by atoms with Crippen molar-refractivity contribution < 1.29 is 48.2 Å². The Balaban J connectivity index is 1.91. The molecule has 1 fully saturated rings. The third kappa shape index (κ3) is 14.8. The topological polar surface area (TPSA) is 217 Å². The molecule has 6 amide bonds. The highest BCUT2D eigenvalue weighted by Gasteiger charge is 2.44. The van der Waals surface area contributed by atoms with E-state index in [1.54, 1.807) is 12.1 Å². The number of hydrogen-bond donors (Lipinski definition) is 5. The molecule has 1 aliphatic rings. The number of benzene rings is 1. The predicted molar refractivity (Wildman–Crippen MR) is 192 cm³/mol. The molecule has 0 saturated carbocycles. The number of rotatable bonds is 20. The second-order valence-corrected chi connectivity index (χ2v) is 14.6. The Hall–Kier alpha value is -4.76. The van der Waals surface area contributed by atoms with Crippen LogP contribution in [-0.2, 0) is 44.9 Å². The molecule has 16 heteroatoms. The van der Waals surface area contributed by atoms with E-state index in [1.165, 1.54) is 24.0 Å². The number of anilines is 1. The molecule has 1 unspecified atom stereocenters. The maximum absolute atomic E-state index is 13.2. The number of nitrogens with zero attached hydrogens (tertiary/aromatic N) is 1. The molecule has 1 aromatic rings. The van der Waals surface area contributed by atoms with Gasteiger partial charge in [-0.2, -0.15) is 0 Å². The molecule has 2 rings (SSSR count). The smallest absolute Gasteiger partial charge is 0.303 e. The summed E-state index contributed by atoms with van der Waals surface area (Å²) < 4.78 is 4.72. The van der Waals surface area contributed by atoms with Gasteiger partial charge in [0.1, 0.15) is 24.7 Å². The van der Waals surface area contributed by atoms with Crippen molar-refractivity contribution in [1.29, 1.82) is 0 Å². The number of amides is 6. The average Bonchev–Trinajstić information content (AvgIpc) is 3.34. The van der Waals surface area contributed by atoms with Crippen molar-refractivity contribution in [1.82, 2.24) is 20.9 Å². The molecule has 0 bridgehead atoms. The van der Waals surface area contributed by atoms with Gasteiger partial charge in [-0.1, -0.05) is 53.2 Å². The number of unbranched alkanes of at least 4 members (excludes halogenated alkanes) is 2. The van der Waals surface area contributed by atoms with Gasteiger partial charge in [0.2, 0.25) is 49.2 Å². The highest BCUT2D eigenvalue weighted by molar-refractivity contribution is 6.55. The number of carboxylic acid groups (broad SMARTS) is 1. The van der Waals surface area contributed by atoms with Gasteiger partial charge in [-0.05, 0) is 61.6 Å². The number of hydrogen-bond acceptors (Lipinski definition) is 9. The molecule has 4 atom stereocenters. The van der Waals surface area contributed by atoms with Crippen molar-refractivity contribution in [3.8, 4) is 0 Å². The van der Waals surface area contributed by atoms with Crippen LogP contribution in [0.15, 0.2) is 24.3 Å². The van der Waals surface area contributed by atoms with E-state index >= 15 is 0 Å². The van der Waals surface area contributed by atoms with Gasteiger partial charge in [-0.15, -0.1) is 0 Å². The third-order valence-corrected chi connectivity index (χ3v) is 8.57. The van der Waals surface area contributed by atoms with Crippen LogP contribution in [-0.4, -0.2) is 89.8 Å². The van der Waals surface area contributed by atoms with Crippen molar-refractivity contribution >= 4 is 60.8 Å². The Labute approximate surface area is 306 Å². The summed E-state index contributed by atoms with van der Waals surface area (Å²) in [6.45, 7) is 11.2. The normalized spacial score (nSPS) is 16.1. The second-order valence-electron chi connectivity index (χ2n) is 14.6. The van der Waals surface area contributed by atoms with Crippen LogP contribution in [0.3, 0.4) is 0 Å². The molecule has 1 aliphatic heterocycles. The summed E-state index contributed by atoms with van der Waals surface area (Å²) in [6, 6.07) is 2.88. The summed E-state index contributed by atoms with van der Waals surface area (Å²) in [5.41, 5.74) is 0.633. The number of carboxylic acids is 1. The minimum absolute atomic E-state index is 0.0153. The lowest BCUT2D eigenvalue weighted by molar-refractivity contribution is -0.141. The molecular weight excluding hydrogens is 673 g/mol. The van der Waals surface area contributed by atoms with Gasteiger partial charge in [0.15, 0.2) is 0 Å². The molecule has 52 heavy (non-hydrogen) atoms. The fourth-order valence-electron chi connectivity index (χ4n) is 5.58. The van der Waals surface area contributed by atoms with Crippen molar-refractivity contribution in [3.63, 3.8) is 0 Å². The molecule has 1 heterocycles. The Bertz CT molecular complexity index is 1460. The van der Waals surface area contributed by atoms with Crippen LogP contribution in [0.1, 0.15) is 98.5 Å². The van der Waals surface area contributed by atoms with E-state index in [1.807, 2.05) is 34.6 Å². The highest BCUT2D eigenvalue weighted by atomic mass is 16.5. The molecular formula is C36H52BN5O10. The molecule has 0 aromatic heterocycles. The molecule has 15 nitrogen and oxygen atoms in total. The second kappa shape index (κ2) is 20.3. The summed E-state index contributed by atoms with van der Waals surface area (Å²) in [4.78, 5) is 101. The lowest BCUT2D eigenvalue weighted by Gasteiger charge is -2.25. The van der Waals surface area contributed by atoms with Crippen molar-refractivity contribution in [2.75, 3.05) is 11.9 Å². The lowest BCUT2D eigenvalue weighted by atomic mass is 9.80. The third-order valence-electron chi connectivity index (χ3n) is 8.57. The molecule has 1 aromatic carbocycles. The number of ether oxygens (including phenoxy) is 1. The van der Waals surface area contributed by atoms with Crippen LogP contribution >= 0.6 is 0 Å². The van der Waals surface area contributed by atoms with Crippen LogP contribution < -0.4 is 21.3 Å². The van der Waals surface area contributed by atoms with E-state index in [-0.39, 0.29) is 67.3 Å². The van der Waals surface area contributed by atoms with Gasteiger partial charge in [0.05, 0.1) is 5.92 Å². The number of likely N-dealkylation sites (tertiary alicyclic amines) is 1. The Morgan fingerprint density at radius 1 is 0.885 bits per heavy atom. The van der Waals surface area contributed by atoms with Crippen LogP contribution in [0.4, 0.5) is 10.5 Å². The standard InChI is InChI=1S/C36H52BN5O10/c1-21(2)18-27(40-28(43)10-8-7-9-17-42-29(44)19-25(34(42)50)36(4,5)6)33(49)38-22(3)31(47)41-26(15-16-30(45)46)32(48)39-24-13-11-23(12-14-24)20-52-35(37)51/h11-14,21-22,25-27H,7-10,15-20H2,1-6H3,(H,38,49)(H,39,48)(H,40,43)(H,41,47)(H,45,46)/t22-,25?,26-,27+/m0/s1. The molecule has 0 spiro atoms. The van der Waals surface area contributed by atoms with Crippen molar-refractivity contribution in [2.45, 2.75) is 118 Å². The monoisotopic (exact) mass is 725 g/mol. The molecule has 5 N–H and O–H groups in total. The maximum Gasteiger partial charge on any atom is 0.303 e. The largest absolute Gasteiger partial charge is 0.481 e. The van der Waals surface area contributed by atoms with E-state index in [9.17, 15) is 43.5 Å². The van der Waals surface area contributed by atoms with E-state index < -0.39 is 54.1 Å². The Morgan fingerprint density at radius 3 is 2.10 bits per heavy atom. The summed E-state index contributed by atoms with van der Waals surface area (Å²) >= 11 is 0.